The van der Waals surface area contributed by atoms with Crippen LogP contribution in [0.2, 0.25) is 0 Å². The highest BCUT2D eigenvalue weighted by Gasteiger charge is 2.40. The molecular weight excluding hydrogens is 278 g/mol. The topological polar surface area (TPSA) is 66.4 Å². The molecule has 2 aliphatic rings. The van der Waals surface area contributed by atoms with Gasteiger partial charge in [0.1, 0.15) is 0 Å². The molecule has 22 heavy (non-hydrogen) atoms. The molecule has 3 rings (SSSR count). The SMILES string of the molecule is O=C(O)[C@@H]1CC[C@H](C(=O)NCC2(c3ccccc3)CCC2)C1. The Kier molecular flexibility index (Phi) is 4.19. The molecule has 118 valence electrons. The number of nitrogens with one attached hydrogen (secondary N) is 1. The third-order valence-electron chi connectivity index (χ3n) is 5.45. The number of hydrogen-bond donors (Lipinski definition) is 2. The van der Waals surface area contributed by atoms with Gasteiger partial charge >= 0.3 is 5.97 Å². The van der Waals surface area contributed by atoms with Gasteiger partial charge in [0.25, 0.3) is 0 Å². The maximum absolute atomic E-state index is 12.3. The van der Waals surface area contributed by atoms with Crippen LogP contribution in [-0.2, 0) is 15.0 Å². The largest absolute Gasteiger partial charge is 0.481 e. The summed E-state index contributed by atoms with van der Waals surface area (Å²) >= 11 is 0. The van der Waals surface area contributed by atoms with Crippen molar-refractivity contribution in [1.82, 2.24) is 5.32 Å². The van der Waals surface area contributed by atoms with E-state index in [-0.39, 0.29) is 23.2 Å². The Morgan fingerprint density at radius 3 is 2.36 bits per heavy atom. The highest BCUT2D eigenvalue weighted by atomic mass is 16.4. The summed E-state index contributed by atoms with van der Waals surface area (Å²) < 4.78 is 0. The fourth-order valence-corrected chi connectivity index (χ4v) is 3.81. The molecule has 4 heteroatoms. The molecule has 1 aromatic rings. The van der Waals surface area contributed by atoms with Crippen LogP contribution >= 0.6 is 0 Å². The van der Waals surface area contributed by atoms with Gasteiger partial charge in [0.05, 0.1) is 5.92 Å². The van der Waals surface area contributed by atoms with Gasteiger partial charge in [-0.15, -0.1) is 0 Å². The Bertz CT molecular complexity index is 551. The predicted molar refractivity (Wildman–Crippen MR) is 83.4 cm³/mol. The van der Waals surface area contributed by atoms with Gasteiger partial charge in [-0.05, 0) is 37.7 Å². The number of benzene rings is 1. The van der Waals surface area contributed by atoms with Crippen LogP contribution < -0.4 is 5.32 Å². The summed E-state index contributed by atoms with van der Waals surface area (Å²) in [7, 11) is 0. The summed E-state index contributed by atoms with van der Waals surface area (Å²) in [5.74, 6) is -1.21. The van der Waals surface area contributed by atoms with Crippen LogP contribution in [0.25, 0.3) is 0 Å². The Morgan fingerprint density at radius 2 is 1.82 bits per heavy atom. The predicted octanol–water partition coefficient (Wildman–Crippen LogP) is 2.73. The van der Waals surface area contributed by atoms with E-state index in [0.29, 0.717) is 25.8 Å². The molecule has 0 radical (unpaired) electrons. The van der Waals surface area contributed by atoms with Crippen molar-refractivity contribution < 1.29 is 14.7 Å². The Labute approximate surface area is 130 Å². The highest BCUT2D eigenvalue weighted by molar-refractivity contribution is 5.81. The fourth-order valence-electron chi connectivity index (χ4n) is 3.81. The van der Waals surface area contributed by atoms with Crippen LogP contribution in [0.1, 0.15) is 44.1 Å². The minimum atomic E-state index is -0.768. The van der Waals surface area contributed by atoms with Crippen molar-refractivity contribution in [3.8, 4) is 0 Å². The number of rotatable bonds is 5. The molecule has 2 saturated carbocycles. The lowest BCUT2D eigenvalue weighted by molar-refractivity contribution is -0.141. The third-order valence-corrected chi connectivity index (χ3v) is 5.45. The molecule has 0 aliphatic heterocycles. The molecule has 4 nitrogen and oxygen atoms in total. The van der Waals surface area contributed by atoms with Gasteiger partial charge in [-0.25, -0.2) is 0 Å². The molecule has 2 N–H and O–H groups in total. The van der Waals surface area contributed by atoms with Crippen molar-refractivity contribution in [2.75, 3.05) is 6.54 Å². The number of carbonyl (C=O) groups is 2. The van der Waals surface area contributed by atoms with E-state index in [2.05, 4.69) is 17.4 Å². The van der Waals surface area contributed by atoms with Gasteiger partial charge in [-0.3, -0.25) is 9.59 Å². The monoisotopic (exact) mass is 301 g/mol. The molecule has 1 aromatic carbocycles. The van der Waals surface area contributed by atoms with Gasteiger partial charge in [-0.2, -0.15) is 0 Å². The van der Waals surface area contributed by atoms with Crippen molar-refractivity contribution >= 4 is 11.9 Å². The van der Waals surface area contributed by atoms with Crippen LogP contribution in [0.3, 0.4) is 0 Å². The second-order valence-electron chi connectivity index (χ2n) is 6.76. The Balaban J connectivity index is 1.58. The maximum atomic E-state index is 12.3. The van der Waals surface area contributed by atoms with Crippen LogP contribution in [0, 0.1) is 11.8 Å². The lowest BCUT2D eigenvalue weighted by atomic mass is 9.64. The number of carboxylic acids is 1. The van der Waals surface area contributed by atoms with Gasteiger partial charge in [0.15, 0.2) is 0 Å². The smallest absolute Gasteiger partial charge is 0.306 e. The molecule has 0 spiro atoms. The van der Waals surface area contributed by atoms with Crippen LogP contribution in [0.4, 0.5) is 0 Å². The molecule has 2 atom stereocenters. The Hall–Kier alpha value is -1.84. The maximum Gasteiger partial charge on any atom is 0.306 e. The highest BCUT2D eigenvalue weighted by Crippen LogP contribution is 2.43. The molecule has 0 saturated heterocycles. The van der Waals surface area contributed by atoms with Gasteiger partial charge < -0.3 is 10.4 Å². The van der Waals surface area contributed by atoms with E-state index >= 15 is 0 Å². The molecule has 0 bridgehead atoms. The average Bonchev–Trinajstić information content (AvgIpc) is 2.97. The number of amides is 1. The number of hydrogen-bond acceptors (Lipinski definition) is 2. The number of aliphatic carboxylic acids is 1. The molecule has 1 amide bonds. The van der Waals surface area contributed by atoms with E-state index in [1.54, 1.807) is 0 Å². The first-order chi connectivity index (χ1) is 10.6. The summed E-state index contributed by atoms with van der Waals surface area (Å²) in [6.07, 6.45) is 5.23. The quantitative estimate of drug-likeness (QED) is 0.879. The van der Waals surface area contributed by atoms with E-state index in [9.17, 15) is 9.59 Å². The number of carboxylic acid groups (broad SMARTS) is 1. The molecule has 2 aliphatic carbocycles. The van der Waals surface area contributed by atoms with Gasteiger partial charge in [0.2, 0.25) is 5.91 Å². The van der Waals surface area contributed by atoms with E-state index in [0.717, 1.165) is 12.8 Å². The molecule has 0 unspecified atom stereocenters. The fraction of sp³-hybridized carbons (Fsp3) is 0.556. The second-order valence-corrected chi connectivity index (χ2v) is 6.76. The van der Waals surface area contributed by atoms with Crippen LogP contribution in [0.15, 0.2) is 30.3 Å². The van der Waals surface area contributed by atoms with E-state index in [1.807, 2.05) is 18.2 Å². The summed E-state index contributed by atoms with van der Waals surface area (Å²) in [6.45, 7) is 0.671. The Morgan fingerprint density at radius 1 is 1.14 bits per heavy atom. The third kappa shape index (κ3) is 2.87. The first kappa shape index (κ1) is 15.1. The second kappa shape index (κ2) is 6.11. The summed E-state index contributed by atoms with van der Waals surface area (Å²) in [5, 5.41) is 12.1. The van der Waals surface area contributed by atoms with Crippen molar-refractivity contribution in [2.24, 2.45) is 11.8 Å². The van der Waals surface area contributed by atoms with E-state index in [4.69, 9.17) is 5.11 Å². The van der Waals surface area contributed by atoms with E-state index < -0.39 is 5.97 Å². The van der Waals surface area contributed by atoms with E-state index in [1.165, 1.54) is 12.0 Å². The average molecular weight is 301 g/mol. The van der Waals surface area contributed by atoms with Crippen molar-refractivity contribution in [2.45, 2.75) is 43.9 Å². The zero-order valence-electron chi connectivity index (χ0n) is 12.8. The van der Waals surface area contributed by atoms with Crippen molar-refractivity contribution in [3.05, 3.63) is 35.9 Å². The first-order valence-corrected chi connectivity index (χ1v) is 8.17. The van der Waals surface area contributed by atoms with Gasteiger partial charge in [0, 0.05) is 17.9 Å². The summed E-state index contributed by atoms with van der Waals surface area (Å²) in [5.41, 5.74) is 1.39. The first-order valence-electron chi connectivity index (χ1n) is 8.17. The molecule has 0 aromatic heterocycles. The lowest BCUT2D eigenvalue weighted by Gasteiger charge is -2.42. The molecular formula is C18H23NO3. The van der Waals surface area contributed by atoms with Crippen LogP contribution in [0.5, 0.6) is 0 Å². The number of carbonyl (C=O) groups excluding carboxylic acids is 1. The van der Waals surface area contributed by atoms with Crippen LogP contribution in [-0.4, -0.2) is 23.5 Å². The summed E-state index contributed by atoms with van der Waals surface area (Å²) in [4.78, 5) is 23.3. The van der Waals surface area contributed by atoms with Crippen molar-refractivity contribution in [3.63, 3.8) is 0 Å². The molecule has 0 heterocycles. The van der Waals surface area contributed by atoms with Gasteiger partial charge in [-0.1, -0.05) is 36.8 Å². The zero-order chi connectivity index (χ0) is 15.6. The minimum absolute atomic E-state index is 0.0333. The van der Waals surface area contributed by atoms with Crippen molar-refractivity contribution in [1.29, 1.82) is 0 Å². The summed E-state index contributed by atoms with van der Waals surface area (Å²) in [6, 6.07) is 10.4. The lowest BCUT2D eigenvalue weighted by Crippen LogP contribution is -2.46. The normalized spacial score (nSPS) is 26.2. The molecule has 2 fully saturated rings. The zero-order valence-corrected chi connectivity index (χ0v) is 12.8. The standard InChI is InChI=1S/C18H23NO3/c20-16(13-7-8-14(11-13)17(21)22)19-12-18(9-4-10-18)15-5-2-1-3-6-15/h1-3,5-6,13-14H,4,7-12H2,(H,19,20)(H,21,22)/t13-,14+/m0/s1. The minimum Gasteiger partial charge on any atom is -0.481 e.